The second kappa shape index (κ2) is 13.4. The van der Waals surface area contributed by atoms with Crippen molar-refractivity contribution in [2.24, 2.45) is 11.8 Å². The summed E-state index contributed by atoms with van der Waals surface area (Å²) in [6.45, 7) is 8.28. The van der Waals surface area contributed by atoms with Gasteiger partial charge >= 0.3 is 0 Å². The number of para-hydroxylation sites is 1. The Labute approximate surface area is 270 Å². The van der Waals surface area contributed by atoms with Crippen molar-refractivity contribution in [3.63, 3.8) is 0 Å². The molecule has 1 spiro atoms. The lowest BCUT2D eigenvalue weighted by Gasteiger charge is -2.39. The van der Waals surface area contributed by atoms with Gasteiger partial charge in [0.15, 0.2) is 0 Å². The minimum absolute atomic E-state index is 0.222. The molecule has 6 rings (SSSR count). The molecule has 3 amide bonds. The molecular formula is C38H41N3O5. The van der Waals surface area contributed by atoms with Crippen LogP contribution in [0.2, 0.25) is 0 Å². The van der Waals surface area contributed by atoms with Crippen molar-refractivity contribution >= 4 is 23.4 Å². The molecule has 0 saturated carbocycles. The zero-order chi connectivity index (χ0) is 32.3. The number of rotatable bonds is 13. The van der Waals surface area contributed by atoms with Gasteiger partial charge in [0.05, 0.1) is 30.6 Å². The van der Waals surface area contributed by atoms with Crippen LogP contribution in [0.1, 0.15) is 24.0 Å². The number of likely N-dealkylation sites (tertiary alicyclic amines) is 1. The van der Waals surface area contributed by atoms with Crippen LogP contribution in [0.3, 0.4) is 0 Å². The molecule has 0 aliphatic carbocycles. The van der Waals surface area contributed by atoms with Crippen molar-refractivity contribution in [2.45, 2.75) is 49.6 Å². The first-order chi connectivity index (χ1) is 22.4. The largest absolute Gasteiger partial charge is 0.394 e. The van der Waals surface area contributed by atoms with E-state index in [0.29, 0.717) is 31.5 Å². The highest BCUT2D eigenvalue weighted by Crippen LogP contribution is 2.59. The quantitative estimate of drug-likeness (QED) is 0.287. The molecule has 2 unspecified atom stereocenters. The van der Waals surface area contributed by atoms with Gasteiger partial charge in [-0.1, -0.05) is 91.0 Å². The monoisotopic (exact) mass is 619 g/mol. The van der Waals surface area contributed by atoms with Crippen molar-refractivity contribution < 1.29 is 24.2 Å². The van der Waals surface area contributed by atoms with Crippen LogP contribution in [0, 0.1) is 11.8 Å². The molecule has 3 saturated heterocycles. The van der Waals surface area contributed by atoms with Crippen LogP contribution in [-0.2, 0) is 32.1 Å². The highest BCUT2D eigenvalue weighted by atomic mass is 16.5. The van der Waals surface area contributed by atoms with Crippen LogP contribution in [0.5, 0.6) is 0 Å². The number of carbonyl (C=O) groups excluding carboxylic acids is 3. The number of aliphatic hydroxyl groups excluding tert-OH is 1. The lowest BCUT2D eigenvalue weighted by molar-refractivity contribution is -0.151. The SMILES string of the molecule is C=CCN(Cc1ccccc1)C(=O)C1N([C@@H](CO)Cc2ccccc2)C(=O)[C@@H]2[C@@H](C(=O)N(CC=C)c3ccccc3)[C@H]3CCC12O3. The topological polar surface area (TPSA) is 90.4 Å². The second-order valence-electron chi connectivity index (χ2n) is 12.4. The number of anilines is 1. The highest BCUT2D eigenvalue weighted by Gasteiger charge is 2.75. The molecule has 238 valence electrons. The summed E-state index contributed by atoms with van der Waals surface area (Å²) in [5, 5.41) is 10.8. The molecule has 3 heterocycles. The Kier molecular flexibility index (Phi) is 9.20. The average Bonchev–Trinajstić information content (AvgIpc) is 3.74. The van der Waals surface area contributed by atoms with E-state index < -0.39 is 35.6 Å². The fraction of sp³-hybridized carbons (Fsp3) is 0.342. The van der Waals surface area contributed by atoms with Gasteiger partial charge in [0.1, 0.15) is 11.6 Å². The summed E-state index contributed by atoms with van der Waals surface area (Å²) >= 11 is 0. The summed E-state index contributed by atoms with van der Waals surface area (Å²) in [5.41, 5.74) is 1.38. The van der Waals surface area contributed by atoms with Crippen LogP contribution in [0.25, 0.3) is 0 Å². The van der Waals surface area contributed by atoms with Crippen LogP contribution < -0.4 is 4.90 Å². The first-order valence-electron chi connectivity index (χ1n) is 16.0. The molecule has 8 nitrogen and oxygen atoms in total. The van der Waals surface area contributed by atoms with E-state index in [1.807, 2.05) is 91.0 Å². The number of hydrogen-bond donors (Lipinski definition) is 1. The fourth-order valence-electron chi connectivity index (χ4n) is 7.79. The zero-order valence-electron chi connectivity index (χ0n) is 26.0. The molecule has 3 aromatic carbocycles. The van der Waals surface area contributed by atoms with Gasteiger partial charge in [-0.25, -0.2) is 0 Å². The predicted octanol–water partition coefficient (Wildman–Crippen LogP) is 4.40. The van der Waals surface area contributed by atoms with Crippen LogP contribution in [-0.4, -0.2) is 76.1 Å². The van der Waals surface area contributed by atoms with Crippen LogP contribution in [0.4, 0.5) is 5.69 Å². The molecule has 3 fully saturated rings. The highest BCUT2D eigenvalue weighted by molar-refractivity contribution is 6.03. The molecule has 3 aliphatic rings. The number of benzene rings is 3. The van der Waals surface area contributed by atoms with E-state index in [2.05, 4.69) is 13.2 Å². The van der Waals surface area contributed by atoms with Crippen molar-refractivity contribution in [2.75, 3.05) is 24.6 Å². The Morgan fingerprint density at radius 3 is 2.13 bits per heavy atom. The van der Waals surface area contributed by atoms with Gasteiger partial charge in [-0.2, -0.15) is 0 Å². The van der Waals surface area contributed by atoms with Crippen molar-refractivity contribution in [3.8, 4) is 0 Å². The lowest BCUT2D eigenvalue weighted by Crippen LogP contribution is -2.59. The Morgan fingerprint density at radius 2 is 1.52 bits per heavy atom. The van der Waals surface area contributed by atoms with Crippen molar-refractivity contribution in [1.82, 2.24) is 9.80 Å². The maximum Gasteiger partial charge on any atom is 0.249 e. The molecule has 0 aromatic heterocycles. The molecule has 2 bridgehead atoms. The molecular weight excluding hydrogens is 578 g/mol. The maximum atomic E-state index is 14.8. The Balaban J connectivity index is 1.42. The minimum atomic E-state index is -1.20. The number of fused-ring (bicyclic) bond motifs is 1. The smallest absolute Gasteiger partial charge is 0.249 e. The standard InChI is InChI=1S/C38H41N3O5/c1-3-22-39(25-28-16-10-6-11-17-28)37(45)34-38-21-20-31(46-38)32(35(43)40(23-4-2)29-18-12-7-13-19-29)33(38)36(44)41(34)30(26-42)24-27-14-8-5-9-15-27/h3-19,30-34,42H,1-2,20-26H2/t30-,31-,32+,33+,34?,38?/m1/s1. The number of aliphatic hydroxyl groups is 1. The van der Waals surface area contributed by atoms with Gasteiger partial charge in [0, 0.05) is 25.3 Å². The molecule has 8 heteroatoms. The third kappa shape index (κ3) is 5.56. The van der Waals surface area contributed by atoms with Crippen molar-refractivity contribution in [1.29, 1.82) is 0 Å². The number of carbonyl (C=O) groups is 3. The molecule has 0 radical (unpaired) electrons. The molecule has 3 aromatic rings. The third-order valence-electron chi connectivity index (χ3n) is 9.70. The number of ether oxygens (including phenoxy) is 1. The van der Waals surface area contributed by atoms with Gasteiger partial charge in [-0.3, -0.25) is 14.4 Å². The van der Waals surface area contributed by atoms with Gasteiger partial charge in [0.25, 0.3) is 0 Å². The van der Waals surface area contributed by atoms with Crippen LogP contribution >= 0.6 is 0 Å². The fourth-order valence-corrected chi connectivity index (χ4v) is 7.79. The molecule has 1 N–H and O–H groups in total. The third-order valence-corrected chi connectivity index (χ3v) is 9.70. The minimum Gasteiger partial charge on any atom is -0.394 e. The van der Waals surface area contributed by atoms with Gasteiger partial charge < -0.3 is 24.5 Å². The first-order valence-corrected chi connectivity index (χ1v) is 16.0. The van der Waals surface area contributed by atoms with E-state index in [4.69, 9.17) is 4.74 Å². The summed E-state index contributed by atoms with van der Waals surface area (Å²) in [4.78, 5) is 49.0. The number of hydrogen-bond acceptors (Lipinski definition) is 5. The summed E-state index contributed by atoms with van der Waals surface area (Å²) in [7, 11) is 0. The van der Waals surface area contributed by atoms with Crippen LogP contribution in [0.15, 0.2) is 116 Å². The van der Waals surface area contributed by atoms with E-state index in [1.165, 1.54) is 0 Å². The average molecular weight is 620 g/mol. The first kappa shape index (κ1) is 31.5. The summed E-state index contributed by atoms with van der Waals surface area (Å²) in [6.07, 6.45) is 4.22. The zero-order valence-corrected chi connectivity index (χ0v) is 26.0. The van der Waals surface area contributed by atoms with E-state index in [0.717, 1.165) is 11.1 Å². The number of nitrogens with zero attached hydrogens (tertiary/aromatic N) is 3. The molecule has 3 aliphatic heterocycles. The number of amides is 3. The lowest BCUT2D eigenvalue weighted by atomic mass is 9.70. The molecule has 46 heavy (non-hydrogen) atoms. The van der Waals surface area contributed by atoms with E-state index in [-0.39, 0.29) is 37.4 Å². The van der Waals surface area contributed by atoms with Gasteiger partial charge in [0.2, 0.25) is 17.7 Å². The summed E-state index contributed by atoms with van der Waals surface area (Å²) in [6, 6.07) is 26.9. The normalized spacial score (nSPS) is 25.2. The van der Waals surface area contributed by atoms with Crippen molar-refractivity contribution in [3.05, 3.63) is 127 Å². The van der Waals surface area contributed by atoms with Gasteiger partial charge in [-0.15, -0.1) is 13.2 Å². The van der Waals surface area contributed by atoms with E-state index in [1.54, 1.807) is 26.9 Å². The summed E-state index contributed by atoms with van der Waals surface area (Å²) < 4.78 is 6.75. The molecule has 6 atom stereocenters. The maximum absolute atomic E-state index is 14.8. The Bertz CT molecular complexity index is 1560. The summed E-state index contributed by atoms with van der Waals surface area (Å²) in [5.74, 6) is -2.46. The predicted molar refractivity (Wildman–Crippen MR) is 177 cm³/mol. The van der Waals surface area contributed by atoms with E-state index >= 15 is 0 Å². The Hall–Kier alpha value is -4.53. The Morgan fingerprint density at radius 1 is 0.913 bits per heavy atom. The van der Waals surface area contributed by atoms with E-state index in [9.17, 15) is 19.5 Å². The second-order valence-corrected chi connectivity index (χ2v) is 12.4. The van der Waals surface area contributed by atoms with Gasteiger partial charge in [-0.05, 0) is 42.5 Å².